The fourth-order valence-corrected chi connectivity index (χ4v) is 1.33. The number of carbonyl (C=O) groups excluding carboxylic acids is 1. The Hall–Kier alpha value is -2.10. The van der Waals surface area contributed by atoms with Crippen LogP contribution < -0.4 is 5.73 Å². The van der Waals surface area contributed by atoms with Gasteiger partial charge < -0.3 is 10.7 Å². The average Bonchev–Trinajstić information content (AvgIpc) is 2.69. The van der Waals surface area contributed by atoms with Crippen molar-refractivity contribution < 1.29 is 9.18 Å². The van der Waals surface area contributed by atoms with Crippen LogP contribution in [0.25, 0.3) is 0 Å². The van der Waals surface area contributed by atoms with Crippen molar-refractivity contribution in [3.05, 3.63) is 53.6 Å². The molecule has 15 heavy (non-hydrogen) atoms. The molecule has 0 amide bonds. The molecule has 2 aromatic rings. The lowest BCUT2D eigenvalue weighted by molar-refractivity contribution is 0.103. The van der Waals surface area contributed by atoms with Gasteiger partial charge in [0.25, 0.3) is 0 Å². The number of rotatable bonds is 2. The molecule has 0 aliphatic carbocycles. The van der Waals surface area contributed by atoms with E-state index in [0.29, 0.717) is 11.4 Å². The van der Waals surface area contributed by atoms with E-state index in [1.807, 2.05) is 0 Å². The van der Waals surface area contributed by atoms with Crippen molar-refractivity contribution in [2.75, 3.05) is 5.73 Å². The molecule has 0 aliphatic rings. The van der Waals surface area contributed by atoms with E-state index in [1.165, 1.54) is 12.1 Å². The largest absolute Gasteiger partial charge is 0.399 e. The average molecular weight is 204 g/mol. The van der Waals surface area contributed by atoms with Gasteiger partial charge in [-0.15, -0.1) is 0 Å². The molecule has 0 bridgehead atoms. The predicted octanol–water partition coefficient (Wildman–Crippen LogP) is 1.97. The van der Waals surface area contributed by atoms with Crippen LogP contribution in [0.3, 0.4) is 0 Å². The highest BCUT2D eigenvalue weighted by molar-refractivity contribution is 6.08. The molecule has 3 nitrogen and oxygen atoms in total. The smallest absolute Gasteiger partial charge is 0.212 e. The van der Waals surface area contributed by atoms with Crippen LogP contribution >= 0.6 is 0 Å². The molecule has 0 spiro atoms. The fraction of sp³-hybridized carbons (Fsp3) is 0. The van der Waals surface area contributed by atoms with Crippen molar-refractivity contribution >= 4 is 11.5 Å². The number of halogens is 1. The second-order valence-corrected chi connectivity index (χ2v) is 3.15. The first-order valence-corrected chi connectivity index (χ1v) is 4.41. The lowest BCUT2D eigenvalue weighted by Crippen LogP contribution is -2.05. The van der Waals surface area contributed by atoms with Gasteiger partial charge in [0, 0.05) is 11.9 Å². The summed E-state index contributed by atoms with van der Waals surface area (Å²) in [6, 6.07) is 7.30. The Morgan fingerprint density at radius 3 is 2.73 bits per heavy atom. The van der Waals surface area contributed by atoms with Crippen molar-refractivity contribution in [1.82, 2.24) is 4.98 Å². The molecule has 76 valence electrons. The van der Waals surface area contributed by atoms with Gasteiger partial charge in [0.1, 0.15) is 5.82 Å². The third-order valence-electron chi connectivity index (χ3n) is 2.08. The number of hydrogen-bond acceptors (Lipinski definition) is 2. The topological polar surface area (TPSA) is 58.9 Å². The molecule has 1 aromatic carbocycles. The van der Waals surface area contributed by atoms with Gasteiger partial charge >= 0.3 is 0 Å². The summed E-state index contributed by atoms with van der Waals surface area (Å²) < 4.78 is 13.4. The lowest BCUT2D eigenvalue weighted by Gasteiger charge is -2.01. The van der Waals surface area contributed by atoms with Crippen molar-refractivity contribution in [3.8, 4) is 0 Å². The first-order chi connectivity index (χ1) is 7.18. The molecule has 2 rings (SSSR count). The molecule has 0 radical (unpaired) electrons. The third kappa shape index (κ3) is 1.74. The number of nitrogen functional groups attached to an aromatic ring is 1. The number of H-pyrrole nitrogens is 1. The molecule has 1 aromatic heterocycles. The van der Waals surface area contributed by atoms with E-state index < -0.39 is 5.82 Å². The summed E-state index contributed by atoms with van der Waals surface area (Å²) >= 11 is 0. The van der Waals surface area contributed by atoms with Crippen LogP contribution in [0.4, 0.5) is 10.1 Å². The van der Waals surface area contributed by atoms with Gasteiger partial charge in [-0.05, 0) is 30.3 Å². The summed E-state index contributed by atoms with van der Waals surface area (Å²) in [4.78, 5) is 14.5. The molecule has 0 aliphatic heterocycles. The summed E-state index contributed by atoms with van der Waals surface area (Å²) in [6.45, 7) is 0. The van der Waals surface area contributed by atoms with E-state index in [-0.39, 0.29) is 11.3 Å². The Morgan fingerprint density at radius 2 is 2.13 bits per heavy atom. The summed E-state index contributed by atoms with van der Waals surface area (Å²) in [5, 5.41) is 0. The Kier molecular flexibility index (Phi) is 2.25. The standard InChI is InChI=1S/C11H9FN2O/c12-9-6-7(13)3-4-8(9)11(15)10-2-1-5-14-10/h1-6,14H,13H2. The summed E-state index contributed by atoms with van der Waals surface area (Å²) in [5.41, 5.74) is 6.07. The van der Waals surface area contributed by atoms with Crippen molar-refractivity contribution in [2.24, 2.45) is 0 Å². The van der Waals surface area contributed by atoms with E-state index in [1.54, 1.807) is 18.3 Å². The number of aromatic amines is 1. The number of hydrogen-bond donors (Lipinski definition) is 2. The molecule has 0 saturated carbocycles. The van der Waals surface area contributed by atoms with Crippen LogP contribution in [0.2, 0.25) is 0 Å². The first kappa shape index (κ1) is 9.45. The van der Waals surface area contributed by atoms with E-state index >= 15 is 0 Å². The minimum atomic E-state index is -0.602. The van der Waals surface area contributed by atoms with Gasteiger partial charge in [-0.3, -0.25) is 4.79 Å². The van der Waals surface area contributed by atoms with Crippen LogP contribution in [-0.2, 0) is 0 Å². The Labute approximate surface area is 85.7 Å². The van der Waals surface area contributed by atoms with Crippen molar-refractivity contribution in [3.63, 3.8) is 0 Å². The SMILES string of the molecule is Nc1ccc(C(=O)c2ccc[nH]2)c(F)c1. The normalized spacial score (nSPS) is 10.2. The number of nitrogens with one attached hydrogen (secondary N) is 1. The molecule has 0 saturated heterocycles. The fourth-order valence-electron chi connectivity index (χ4n) is 1.33. The van der Waals surface area contributed by atoms with E-state index in [9.17, 15) is 9.18 Å². The van der Waals surface area contributed by atoms with Crippen LogP contribution in [0.5, 0.6) is 0 Å². The zero-order valence-electron chi connectivity index (χ0n) is 7.83. The van der Waals surface area contributed by atoms with Gasteiger partial charge in [0.15, 0.2) is 0 Å². The third-order valence-corrected chi connectivity index (χ3v) is 2.08. The maximum absolute atomic E-state index is 13.4. The molecule has 1 heterocycles. The zero-order chi connectivity index (χ0) is 10.8. The number of anilines is 1. The number of benzene rings is 1. The quantitative estimate of drug-likeness (QED) is 0.580. The van der Waals surface area contributed by atoms with E-state index in [0.717, 1.165) is 6.07 Å². The summed E-state index contributed by atoms with van der Waals surface area (Å²) in [5.74, 6) is -0.980. The molecule has 0 fully saturated rings. The van der Waals surface area contributed by atoms with Gasteiger partial charge in [0.05, 0.1) is 11.3 Å². The first-order valence-electron chi connectivity index (χ1n) is 4.41. The number of ketones is 1. The van der Waals surface area contributed by atoms with Crippen LogP contribution in [0, 0.1) is 5.82 Å². The Bertz CT molecular complexity index is 491. The van der Waals surface area contributed by atoms with Crippen molar-refractivity contribution in [1.29, 1.82) is 0 Å². The molecular weight excluding hydrogens is 195 g/mol. The van der Waals surface area contributed by atoms with Gasteiger partial charge in [0.2, 0.25) is 5.78 Å². The second kappa shape index (κ2) is 3.57. The highest BCUT2D eigenvalue weighted by atomic mass is 19.1. The van der Waals surface area contributed by atoms with Gasteiger partial charge in [-0.2, -0.15) is 0 Å². The molecule has 3 N–H and O–H groups in total. The van der Waals surface area contributed by atoms with E-state index in [2.05, 4.69) is 4.98 Å². The van der Waals surface area contributed by atoms with E-state index in [4.69, 9.17) is 5.73 Å². The van der Waals surface area contributed by atoms with Gasteiger partial charge in [-0.1, -0.05) is 0 Å². The number of aromatic nitrogens is 1. The minimum absolute atomic E-state index is 0.0200. The highest BCUT2D eigenvalue weighted by Crippen LogP contribution is 2.15. The zero-order valence-corrected chi connectivity index (χ0v) is 7.83. The molecule has 0 unspecified atom stereocenters. The predicted molar refractivity (Wildman–Crippen MR) is 55.0 cm³/mol. The Balaban J connectivity index is 2.42. The van der Waals surface area contributed by atoms with Gasteiger partial charge in [-0.25, -0.2) is 4.39 Å². The van der Waals surface area contributed by atoms with Crippen LogP contribution in [0.1, 0.15) is 16.1 Å². The maximum atomic E-state index is 13.4. The monoisotopic (exact) mass is 204 g/mol. The second-order valence-electron chi connectivity index (χ2n) is 3.15. The molecule has 0 atom stereocenters. The number of carbonyl (C=O) groups is 1. The lowest BCUT2D eigenvalue weighted by atomic mass is 10.1. The minimum Gasteiger partial charge on any atom is -0.399 e. The maximum Gasteiger partial charge on any atom is 0.212 e. The molecule has 4 heteroatoms. The summed E-state index contributed by atoms with van der Waals surface area (Å²) in [7, 11) is 0. The molecular formula is C11H9FN2O. The van der Waals surface area contributed by atoms with Crippen molar-refractivity contribution in [2.45, 2.75) is 0 Å². The number of nitrogens with two attached hydrogens (primary N) is 1. The van der Waals surface area contributed by atoms with Crippen LogP contribution in [-0.4, -0.2) is 10.8 Å². The highest BCUT2D eigenvalue weighted by Gasteiger charge is 2.14. The summed E-state index contributed by atoms with van der Waals surface area (Å²) in [6.07, 6.45) is 1.61. The Morgan fingerprint density at radius 1 is 1.33 bits per heavy atom. The van der Waals surface area contributed by atoms with Crippen LogP contribution in [0.15, 0.2) is 36.5 Å².